The van der Waals surface area contributed by atoms with Gasteiger partial charge in [-0.15, -0.1) is 0 Å². The van der Waals surface area contributed by atoms with Gasteiger partial charge in [0.15, 0.2) is 0 Å². The molecule has 0 atom stereocenters. The Bertz CT molecular complexity index is 136. The quantitative estimate of drug-likeness (QED) is 0.346. The molecule has 0 fully saturated rings. The molecule has 0 N–H and O–H groups in total. The maximum absolute atomic E-state index is 4.99. The molecule has 0 radical (unpaired) electrons. The van der Waals surface area contributed by atoms with E-state index >= 15 is 0 Å². The second kappa shape index (κ2) is 7.33. The van der Waals surface area contributed by atoms with Gasteiger partial charge < -0.3 is 4.74 Å². The number of hydrogen-bond donors (Lipinski definition) is 0. The Kier molecular flexibility index (Phi) is 7.29. The van der Waals surface area contributed by atoms with Gasteiger partial charge >= 0.3 is 0 Å². The molecule has 0 spiro atoms. The van der Waals surface area contributed by atoms with E-state index in [4.69, 9.17) is 4.74 Å². The number of hydrogen-bond acceptors (Lipinski definition) is 1. The van der Waals surface area contributed by atoms with Crippen molar-refractivity contribution < 1.29 is 4.74 Å². The summed E-state index contributed by atoms with van der Waals surface area (Å²) in [4.78, 5) is 0. The standard InChI is InChI=1S/C11H24OSi/c1-12-10-8-6-5-7-9-11-13(2,3)4/h7,9H,5-6,8,10-11H2,1-4H3. The second-order valence-corrected chi connectivity index (χ2v) is 10.3. The van der Waals surface area contributed by atoms with Crippen molar-refractivity contribution in [2.45, 2.75) is 44.9 Å². The van der Waals surface area contributed by atoms with Crippen LogP contribution in [0, 0.1) is 0 Å². The van der Waals surface area contributed by atoms with E-state index in [2.05, 4.69) is 31.8 Å². The summed E-state index contributed by atoms with van der Waals surface area (Å²) in [6, 6.07) is 1.32. The van der Waals surface area contributed by atoms with Crippen LogP contribution in [0.5, 0.6) is 0 Å². The smallest absolute Gasteiger partial charge is 0.0480 e. The summed E-state index contributed by atoms with van der Waals surface area (Å²) in [6.45, 7) is 8.12. The summed E-state index contributed by atoms with van der Waals surface area (Å²) in [5.41, 5.74) is 0. The SMILES string of the molecule is COCCCCC=CC[Si](C)(C)C. The lowest BCUT2D eigenvalue weighted by Gasteiger charge is -2.11. The van der Waals surface area contributed by atoms with Gasteiger partial charge in [0, 0.05) is 21.8 Å². The van der Waals surface area contributed by atoms with E-state index in [-0.39, 0.29) is 0 Å². The predicted molar refractivity (Wildman–Crippen MR) is 63.0 cm³/mol. The van der Waals surface area contributed by atoms with E-state index in [1.807, 2.05) is 0 Å². The molecule has 0 aliphatic heterocycles. The zero-order valence-electron chi connectivity index (χ0n) is 9.60. The van der Waals surface area contributed by atoms with Crippen molar-refractivity contribution in [3.05, 3.63) is 12.2 Å². The lowest BCUT2D eigenvalue weighted by Crippen LogP contribution is -2.17. The zero-order chi connectivity index (χ0) is 10.2. The molecule has 0 amide bonds. The molecule has 0 bridgehead atoms. The van der Waals surface area contributed by atoms with Crippen LogP contribution in [0.15, 0.2) is 12.2 Å². The number of methoxy groups -OCH3 is 1. The highest BCUT2D eigenvalue weighted by molar-refractivity contribution is 6.76. The first-order valence-corrected chi connectivity index (χ1v) is 8.91. The van der Waals surface area contributed by atoms with E-state index in [9.17, 15) is 0 Å². The van der Waals surface area contributed by atoms with E-state index in [1.54, 1.807) is 7.11 Å². The Morgan fingerprint density at radius 1 is 1.08 bits per heavy atom. The topological polar surface area (TPSA) is 9.23 Å². The molecular weight excluding hydrogens is 176 g/mol. The molecule has 0 aliphatic rings. The highest BCUT2D eigenvalue weighted by atomic mass is 28.3. The number of rotatable bonds is 7. The Hall–Kier alpha value is -0.0831. The second-order valence-electron chi connectivity index (χ2n) is 4.72. The molecule has 0 aromatic heterocycles. The maximum Gasteiger partial charge on any atom is 0.0480 e. The van der Waals surface area contributed by atoms with Gasteiger partial charge in [-0.25, -0.2) is 0 Å². The van der Waals surface area contributed by atoms with Crippen LogP contribution in [0.4, 0.5) is 0 Å². The molecule has 13 heavy (non-hydrogen) atoms. The highest BCUT2D eigenvalue weighted by Gasteiger charge is 2.08. The minimum Gasteiger partial charge on any atom is -0.385 e. The molecule has 2 heteroatoms. The fraction of sp³-hybridized carbons (Fsp3) is 0.818. The van der Waals surface area contributed by atoms with Gasteiger partial charge in [0.2, 0.25) is 0 Å². The van der Waals surface area contributed by atoms with Crippen LogP contribution < -0.4 is 0 Å². The Morgan fingerprint density at radius 3 is 2.31 bits per heavy atom. The Labute approximate surface area is 84.2 Å². The van der Waals surface area contributed by atoms with Crippen molar-refractivity contribution >= 4 is 8.07 Å². The number of unbranched alkanes of at least 4 members (excludes halogenated alkanes) is 2. The third-order valence-corrected chi connectivity index (χ3v) is 3.33. The van der Waals surface area contributed by atoms with Gasteiger partial charge in [0.1, 0.15) is 0 Å². The van der Waals surface area contributed by atoms with Crippen molar-refractivity contribution in [1.82, 2.24) is 0 Å². The Morgan fingerprint density at radius 2 is 1.77 bits per heavy atom. The monoisotopic (exact) mass is 200 g/mol. The van der Waals surface area contributed by atoms with Crippen LogP contribution in [0.25, 0.3) is 0 Å². The van der Waals surface area contributed by atoms with E-state index in [1.165, 1.54) is 25.3 Å². The molecule has 0 unspecified atom stereocenters. The molecule has 0 rings (SSSR count). The summed E-state index contributed by atoms with van der Waals surface area (Å²) in [5, 5.41) is 0. The van der Waals surface area contributed by atoms with Gasteiger partial charge in [0.05, 0.1) is 0 Å². The van der Waals surface area contributed by atoms with Crippen LogP contribution in [0.2, 0.25) is 25.7 Å². The number of allylic oxidation sites excluding steroid dienone is 2. The third-order valence-electron chi connectivity index (χ3n) is 1.87. The number of ether oxygens (including phenoxy) is 1. The first-order valence-electron chi connectivity index (χ1n) is 5.20. The summed E-state index contributed by atoms with van der Waals surface area (Å²) < 4.78 is 4.99. The van der Waals surface area contributed by atoms with Crippen molar-refractivity contribution in [2.75, 3.05) is 13.7 Å². The first kappa shape index (κ1) is 12.9. The molecule has 0 aromatic carbocycles. The summed E-state index contributed by atoms with van der Waals surface area (Å²) in [7, 11) is 0.921. The van der Waals surface area contributed by atoms with Crippen LogP contribution in [0.3, 0.4) is 0 Å². The Balaban J connectivity index is 3.22. The van der Waals surface area contributed by atoms with Gasteiger partial charge in [0.25, 0.3) is 0 Å². The minimum atomic E-state index is -0.844. The molecule has 0 aromatic rings. The minimum absolute atomic E-state index is 0.844. The maximum atomic E-state index is 4.99. The van der Waals surface area contributed by atoms with Gasteiger partial charge in [-0.1, -0.05) is 31.8 Å². The average Bonchev–Trinajstić information content (AvgIpc) is 2.01. The lowest BCUT2D eigenvalue weighted by atomic mass is 10.2. The summed E-state index contributed by atoms with van der Waals surface area (Å²) in [5.74, 6) is 0. The average molecular weight is 200 g/mol. The highest BCUT2D eigenvalue weighted by Crippen LogP contribution is 2.09. The normalized spacial score (nSPS) is 12.6. The first-order chi connectivity index (χ1) is 6.06. The van der Waals surface area contributed by atoms with E-state index in [0.29, 0.717) is 0 Å². The van der Waals surface area contributed by atoms with Crippen LogP contribution >= 0.6 is 0 Å². The van der Waals surface area contributed by atoms with Crippen LogP contribution in [-0.2, 0) is 4.74 Å². The molecule has 0 aliphatic carbocycles. The van der Waals surface area contributed by atoms with Gasteiger partial charge in [-0.3, -0.25) is 0 Å². The predicted octanol–water partition coefficient (Wildman–Crippen LogP) is 3.70. The van der Waals surface area contributed by atoms with Crippen LogP contribution in [-0.4, -0.2) is 21.8 Å². The third kappa shape index (κ3) is 11.9. The van der Waals surface area contributed by atoms with Crippen molar-refractivity contribution in [3.63, 3.8) is 0 Å². The lowest BCUT2D eigenvalue weighted by molar-refractivity contribution is 0.193. The van der Waals surface area contributed by atoms with Gasteiger partial charge in [-0.05, 0) is 25.3 Å². The molecule has 1 nitrogen and oxygen atoms in total. The fourth-order valence-corrected chi connectivity index (χ4v) is 1.94. The molecule has 0 saturated heterocycles. The van der Waals surface area contributed by atoms with Gasteiger partial charge in [-0.2, -0.15) is 0 Å². The van der Waals surface area contributed by atoms with E-state index < -0.39 is 8.07 Å². The van der Waals surface area contributed by atoms with Crippen molar-refractivity contribution in [2.24, 2.45) is 0 Å². The zero-order valence-corrected chi connectivity index (χ0v) is 10.6. The molecule has 78 valence electrons. The summed E-state index contributed by atoms with van der Waals surface area (Å²) >= 11 is 0. The van der Waals surface area contributed by atoms with E-state index in [0.717, 1.165) is 6.61 Å². The molecular formula is C11H24OSi. The molecule has 0 heterocycles. The largest absolute Gasteiger partial charge is 0.385 e. The van der Waals surface area contributed by atoms with Crippen molar-refractivity contribution in [3.8, 4) is 0 Å². The fourth-order valence-electron chi connectivity index (χ4n) is 1.06. The van der Waals surface area contributed by atoms with Crippen molar-refractivity contribution in [1.29, 1.82) is 0 Å². The summed E-state index contributed by atoms with van der Waals surface area (Å²) in [6.07, 6.45) is 8.35. The molecule has 0 saturated carbocycles. The van der Waals surface area contributed by atoms with Crippen LogP contribution in [0.1, 0.15) is 19.3 Å².